The van der Waals surface area contributed by atoms with Crippen LogP contribution in [0.15, 0.2) is 115 Å². The number of hydrogen-bond acceptors (Lipinski definition) is 12. The first-order valence-electron chi connectivity index (χ1n) is 17.0. The normalized spacial score (nSPS) is 11.7. The molecule has 0 fully saturated rings. The molecule has 0 saturated heterocycles. The number of ether oxygens (including phenoxy) is 4. The summed E-state index contributed by atoms with van der Waals surface area (Å²) < 4.78 is 20.8. The number of Topliss-reactive ketones (excluding diaryl/α,β-unsaturated/α-hetero) is 2. The Morgan fingerprint density at radius 2 is 0.875 bits per heavy atom. The van der Waals surface area contributed by atoms with E-state index in [1.165, 1.54) is 60.7 Å². The highest BCUT2D eigenvalue weighted by atomic mass is 16.5. The lowest BCUT2D eigenvalue weighted by atomic mass is 10.1. The first kappa shape index (κ1) is 38.2. The van der Waals surface area contributed by atoms with Crippen LogP contribution >= 0.6 is 0 Å². The van der Waals surface area contributed by atoms with Crippen LogP contribution in [0.2, 0.25) is 0 Å². The van der Waals surface area contributed by atoms with Crippen molar-refractivity contribution in [2.75, 3.05) is 19.8 Å². The molecule has 13 heteroatoms. The van der Waals surface area contributed by atoms with Crippen molar-refractivity contribution in [2.24, 2.45) is 0 Å². The van der Waals surface area contributed by atoms with Crippen molar-refractivity contribution in [1.82, 2.24) is 4.90 Å². The van der Waals surface area contributed by atoms with E-state index in [-0.39, 0.29) is 39.3 Å². The lowest BCUT2D eigenvalue weighted by Crippen LogP contribution is -2.36. The summed E-state index contributed by atoms with van der Waals surface area (Å²) in [5, 5.41) is 0. The zero-order valence-electron chi connectivity index (χ0n) is 29.9. The number of imide groups is 1. The maximum absolute atomic E-state index is 13.1. The lowest BCUT2D eigenvalue weighted by Gasteiger charge is -2.13. The van der Waals surface area contributed by atoms with Crippen molar-refractivity contribution in [3.63, 3.8) is 0 Å². The lowest BCUT2D eigenvalue weighted by molar-refractivity contribution is -0.142. The van der Waals surface area contributed by atoms with Gasteiger partial charge in [0.25, 0.3) is 11.8 Å². The van der Waals surface area contributed by atoms with Crippen molar-refractivity contribution in [1.29, 1.82) is 0 Å². The molecule has 5 aromatic rings. The fourth-order valence-corrected chi connectivity index (χ4v) is 5.39. The molecule has 0 aromatic heterocycles. The summed E-state index contributed by atoms with van der Waals surface area (Å²) in [6.07, 6.45) is 0. The number of ketones is 2. The molecule has 0 N–H and O–H groups in total. The number of benzene rings is 5. The van der Waals surface area contributed by atoms with E-state index in [9.17, 15) is 38.4 Å². The molecule has 280 valence electrons. The van der Waals surface area contributed by atoms with Crippen molar-refractivity contribution in [3.05, 3.63) is 165 Å². The molecule has 0 aliphatic carbocycles. The van der Waals surface area contributed by atoms with E-state index in [1.54, 1.807) is 48.5 Å². The third-order valence-corrected chi connectivity index (χ3v) is 8.54. The number of hydrogen-bond donors (Lipinski definition) is 0. The van der Waals surface area contributed by atoms with Crippen LogP contribution in [-0.4, -0.2) is 71.9 Å². The molecule has 2 amide bonds. The quantitative estimate of drug-likeness (QED) is 0.0612. The Morgan fingerprint density at radius 3 is 1.36 bits per heavy atom. The van der Waals surface area contributed by atoms with E-state index in [0.29, 0.717) is 16.0 Å². The number of nitrogens with zero attached hydrogens (tertiary/aromatic N) is 1. The van der Waals surface area contributed by atoms with Crippen LogP contribution in [0.25, 0.3) is 0 Å². The second-order valence-corrected chi connectivity index (χ2v) is 12.6. The maximum Gasteiger partial charge on any atom is 0.343 e. The van der Waals surface area contributed by atoms with E-state index < -0.39 is 67.0 Å². The molecule has 1 aliphatic rings. The van der Waals surface area contributed by atoms with Gasteiger partial charge in [-0.1, -0.05) is 35.4 Å². The molecule has 0 spiro atoms. The van der Waals surface area contributed by atoms with Gasteiger partial charge in [-0.3, -0.25) is 28.9 Å². The van der Waals surface area contributed by atoms with Gasteiger partial charge in [-0.15, -0.1) is 0 Å². The first-order chi connectivity index (χ1) is 26.9. The summed E-state index contributed by atoms with van der Waals surface area (Å²) in [5.74, 6) is -5.55. The van der Waals surface area contributed by atoms with Crippen molar-refractivity contribution >= 4 is 47.3 Å². The molecule has 0 radical (unpaired) electrons. The number of carbonyl (C=O) groups excluding carboxylic acids is 8. The summed E-state index contributed by atoms with van der Waals surface area (Å²) >= 11 is 0. The Labute approximate surface area is 319 Å². The molecular formula is C43H31NO12. The summed E-state index contributed by atoms with van der Waals surface area (Å²) in [7, 11) is 0. The van der Waals surface area contributed by atoms with Gasteiger partial charge in [-0.05, 0) is 105 Å². The van der Waals surface area contributed by atoms with Gasteiger partial charge in [0.05, 0.1) is 27.8 Å². The fraction of sp³-hybridized carbons (Fsp3) is 0.116. The number of amides is 2. The number of fused-ring (bicyclic) bond motifs is 1. The SMILES string of the molecule is Cc1ccc(C(=O)Oc2ccc(C(=O)COC(=O)CN3C(=O)c4ccc(C(=O)OCC(=O)c5ccc(OC(=O)c6ccc(C)cc6)cc5)cc4C3=O)cc2)cc1. The summed E-state index contributed by atoms with van der Waals surface area (Å²) in [6.45, 7) is 1.64. The van der Waals surface area contributed by atoms with Crippen LogP contribution < -0.4 is 9.47 Å². The molecule has 13 nitrogen and oxygen atoms in total. The van der Waals surface area contributed by atoms with Gasteiger partial charge < -0.3 is 18.9 Å². The van der Waals surface area contributed by atoms with Gasteiger partial charge in [0.2, 0.25) is 0 Å². The Balaban J connectivity index is 0.966. The Morgan fingerprint density at radius 1 is 0.464 bits per heavy atom. The highest BCUT2D eigenvalue weighted by Gasteiger charge is 2.38. The minimum Gasteiger partial charge on any atom is -0.456 e. The Kier molecular flexibility index (Phi) is 11.3. The van der Waals surface area contributed by atoms with Crippen molar-refractivity contribution in [3.8, 4) is 11.5 Å². The predicted molar refractivity (Wildman–Crippen MR) is 197 cm³/mol. The molecule has 1 aliphatic heterocycles. The third-order valence-electron chi connectivity index (χ3n) is 8.54. The topological polar surface area (TPSA) is 177 Å². The summed E-state index contributed by atoms with van der Waals surface area (Å²) in [5.41, 5.74) is 2.67. The molecule has 0 saturated carbocycles. The number of aryl methyl sites for hydroxylation is 2. The van der Waals surface area contributed by atoms with E-state index in [0.717, 1.165) is 17.2 Å². The van der Waals surface area contributed by atoms with E-state index >= 15 is 0 Å². The monoisotopic (exact) mass is 753 g/mol. The highest BCUT2D eigenvalue weighted by molar-refractivity contribution is 6.23. The zero-order valence-corrected chi connectivity index (χ0v) is 29.9. The smallest absolute Gasteiger partial charge is 0.343 e. The molecule has 0 atom stereocenters. The van der Waals surface area contributed by atoms with Crippen LogP contribution in [0, 0.1) is 13.8 Å². The van der Waals surface area contributed by atoms with Crippen molar-refractivity contribution < 1.29 is 57.3 Å². The van der Waals surface area contributed by atoms with E-state index in [4.69, 9.17) is 18.9 Å². The van der Waals surface area contributed by atoms with E-state index in [1.807, 2.05) is 13.8 Å². The van der Waals surface area contributed by atoms with Crippen LogP contribution in [-0.2, 0) is 14.3 Å². The molecule has 5 aromatic carbocycles. The van der Waals surface area contributed by atoms with Crippen LogP contribution in [0.4, 0.5) is 0 Å². The highest BCUT2D eigenvalue weighted by Crippen LogP contribution is 2.25. The van der Waals surface area contributed by atoms with Gasteiger partial charge >= 0.3 is 23.9 Å². The number of rotatable bonds is 13. The number of esters is 4. The average Bonchev–Trinajstić information content (AvgIpc) is 3.43. The maximum atomic E-state index is 13.1. The largest absolute Gasteiger partial charge is 0.456 e. The van der Waals surface area contributed by atoms with Gasteiger partial charge in [-0.2, -0.15) is 0 Å². The third kappa shape index (κ3) is 8.97. The number of carbonyl (C=O) groups is 8. The van der Waals surface area contributed by atoms with Gasteiger partial charge in [0, 0.05) is 11.1 Å². The Bertz CT molecular complexity index is 2380. The van der Waals surface area contributed by atoms with Gasteiger partial charge in [-0.25, -0.2) is 14.4 Å². The minimum atomic E-state index is -1.04. The fourth-order valence-electron chi connectivity index (χ4n) is 5.39. The molecule has 0 bridgehead atoms. The first-order valence-corrected chi connectivity index (χ1v) is 17.0. The van der Waals surface area contributed by atoms with E-state index in [2.05, 4.69) is 0 Å². The van der Waals surface area contributed by atoms with Crippen LogP contribution in [0.1, 0.15) is 83.6 Å². The minimum absolute atomic E-state index is 0.0714. The van der Waals surface area contributed by atoms with Crippen LogP contribution in [0.3, 0.4) is 0 Å². The molecule has 6 rings (SSSR count). The van der Waals surface area contributed by atoms with Gasteiger partial charge in [0.1, 0.15) is 18.0 Å². The standard InChI is InChI=1S/C43H31NO12/c1-25-3-7-29(8-4-25)42(51)55-32-16-11-27(12-17-32)36(45)23-53-38(47)22-44-39(48)34-20-15-31(21-35(34)40(44)49)41(50)54-24-37(46)28-13-18-33(19-14-28)56-43(52)30-9-5-26(2)6-10-30/h3-21H,22-24H2,1-2H3. The Hall–Kier alpha value is -7.54. The second kappa shape index (κ2) is 16.6. The molecular weight excluding hydrogens is 722 g/mol. The second-order valence-electron chi connectivity index (χ2n) is 12.6. The van der Waals surface area contributed by atoms with Gasteiger partial charge in [0.15, 0.2) is 24.8 Å². The zero-order chi connectivity index (χ0) is 39.9. The summed E-state index contributed by atoms with van der Waals surface area (Å²) in [6, 6.07) is 28.5. The molecule has 0 unspecified atom stereocenters. The molecule has 56 heavy (non-hydrogen) atoms. The molecule has 1 heterocycles. The predicted octanol–water partition coefficient (Wildman–Crippen LogP) is 5.80. The average molecular weight is 754 g/mol. The van der Waals surface area contributed by atoms with Crippen LogP contribution in [0.5, 0.6) is 11.5 Å². The summed E-state index contributed by atoms with van der Waals surface area (Å²) in [4.78, 5) is 102. The van der Waals surface area contributed by atoms with Crippen molar-refractivity contribution in [2.45, 2.75) is 13.8 Å².